The molecule has 1 aliphatic rings. The third kappa shape index (κ3) is 8.43. The number of guanidine groups is 1. The number of carbonyl (C=O) groups is 1. The van der Waals surface area contributed by atoms with Gasteiger partial charge in [0.2, 0.25) is 5.91 Å². The van der Waals surface area contributed by atoms with E-state index in [0.717, 1.165) is 30.3 Å². The highest BCUT2D eigenvalue weighted by atomic mass is 16.1. The third-order valence-corrected chi connectivity index (χ3v) is 4.66. The number of nitrogens with zero attached hydrogens (tertiary/aromatic N) is 2. The Labute approximate surface area is 163 Å². The minimum atomic E-state index is 0.0605. The van der Waals surface area contributed by atoms with Crippen molar-refractivity contribution >= 4 is 17.6 Å². The summed E-state index contributed by atoms with van der Waals surface area (Å²) in [5, 5.41) is 9.69. The number of likely N-dealkylation sites (tertiary alicyclic amines) is 1. The molecule has 6 heteroatoms. The molecular weight excluding hydrogens is 338 g/mol. The van der Waals surface area contributed by atoms with Crippen LogP contribution in [-0.2, 0) is 11.3 Å². The second kappa shape index (κ2) is 11.6. The van der Waals surface area contributed by atoms with Gasteiger partial charge >= 0.3 is 0 Å². The van der Waals surface area contributed by atoms with Crippen LogP contribution in [0.3, 0.4) is 0 Å². The van der Waals surface area contributed by atoms with Gasteiger partial charge in [-0.3, -0.25) is 9.79 Å². The molecule has 1 amide bonds. The molecule has 0 aromatic heterocycles. The maximum atomic E-state index is 11.9. The van der Waals surface area contributed by atoms with Gasteiger partial charge in [-0.15, -0.1) is 0 Å². The molecule has 0 saturated carbocycles. The molecule has 0 unspecified atom stereocenters. The lowest BCUT2D eigenvalue weighted by molar-refractivity contribution is -0.116. The van der Waals surface area contributed by atoms with Crippen LogP contribution in [0.2, 0.25) is 0 Å². The fraction of sp³-hybridized carbons (Fsp3) is 0.619. The zero-order valence-electron chi connectivity index (χ0n) is 17.1. The molecular formula is C21H35N5O. The van der Waals surface area contributed by atoms with Crippen LogP contribution in [0.4, 0.5) is 5.69 Å². The summed E-state index contributed by atoms with van der Waals surface area (Å²) in [4.78, 5) is 18.7. The minimum Gasteiger partial charge on any atom is -0.355 e. The van der Waals surface area contributed by atoms with Gasteiger partial charge in [-0.25, -0.2) is 0 Å². The SMILES string of the molecule is CN=C(NCCN1CCCCC1)NCc1cccc(NC(=O)CC(C)C)c1. The molecule has 150 valence electrons. The van der Waals surface area contributed by atoms with E-state index in [1.165, 1.54) is 32.4 Å². The zero-order chi connectivity index (χ0) is 19.5. The van der Waals surface area contributed by atoms with E-state index < -0.39 is 0 Å². The lowest BCUT2D eigenvalue weighted by atomic mass is 10.1. The molecule has 0 spiro atoms. The van der Waals surface area contributed by atoms with Crippen LogP contribution in [0.1, 0.15) is 45.1 Å². The summed E-state index contributed by atoms with van der Waals surface area (Å²) in [7, 11) is 1.79. The van der Waals surface area contributed by atoms with E-state index in [0.29, 0.717) is 18.9 Å². The standard InChI is InChI=1S/C21H35N5O/c1-17(2)14-20(27)25-19-9-7-8-18(15-19)16-24-21(22-3)23-10-13-26-11-5-4-6-12-26/h7-9,15,17H,4-6,10-14,16H2,1-3H3,(H,25,27)(H2,22,23,24). The average Bonchev–Trinajstić information content (AvgIpc) is 2.65. The molecule has 1 aromatic carbocycles. The second-order valence-corrected chi connectivity index (χ2v) is 7.60. The van der Waals surface area contributed by atoms with Gasteiger partial charge in [-0.1, -0.05) is 32.4 Å². The van der Waals surface area contributed by atoms with Gasteiger partial charge in [0.15, 0.2) is 5.96 Å². The van der Waals surface area contributed by atoms with Gasteiger partial charge in [-0.2, -0.15) is 0 Å². The Balaban J connectivity index is 1.75. The molecule has 27 heavy (non-hydrogen) atoms. The number of hydrogen-bond acceptors (Lipinski definition) is 3. The first-order valence-corrected chi connectivity index (χ1v) is 10.1. The molecule has 2 rings (SSSR count). The molecule has 1 aliphatic heterocycles. The Morgan fingerprint density at radius 1 is 1.19 bits per heavy atom. The normalized spacial score (nSPS) is 15.6. The van der Waals surface area contributed by atoms with Crippen LogP contribution in [-0.4, -0.2) is 50.0 Å². The van der Waals surface area contributed by atoms with E-state index in [4.69, 9.17) is 0 Å². The number of aliphatic imine (C=N–C) groups is 1. The maximum absolute atomic E-state index is 11.9. The zero-order valence-corrected chi connectivity index (χ0v) is 17.1. The van der Waals surface area contributed by atoms with E-state index in [2.05, 4.69) is 25.8 Å². The van der Waals surface area contributed by atoms with E-state index in [9.17, 15) is 4.79 Å². The van der Waals surface area contributed by atoms with Crippen LogP contribution in [0.25, 0.3) is 0 Å². The van der Waals surface area contributed by atoms with E-state index in [1.807, 2.05) is 38.1 Å². The minimum absolute atomic E-state index is 0.0605. The number of hydrogen-bond donors (Lipinski definition) is 3. The van der Waals surface area contributed by atoms with Crippen LogP contribution in [0.15, 0.2) is 29.3 Å². The van der Waals surface area contributed by atoms with Crippen molar-refractivity contribution in [2.24, 2.45) is 10.9 Å². The van der Waals surface area contributed by atoms with E-state index >= 15 is 0 Å². The number of carbonyl (C=O) groups excluding carboxylic acids is 1. The largest absolute Gasteiger partial charge is 0.355 e. The lowest BCUT2D eigenvalue weighted by Gasteiger charge is -2.26. The van der Waals surface area contributed by atoms with E-state index in [-0.39, 0.29) is 5.91 Å². The molecule has 1 fully saturated rings. The van der Waals surface area contributed by atoms with Crippen LogP contribution >= 0.6 is 0 Å². The van der Waals surface area contributed by atoms with E-state index in [1.54, 1.807) is 7.05 Å². The Hall–Kier alpha value is -2.08. The van der Waals surface area contributed by atoms with Gasteiger partial charge in [0.25, 0.3) is 0 Å². The van der Waals surface area contributed by atoms with Crippen molar-refractivity contribution < 1.29 is 4.79 Å². The number of nitrogens with one attached hydrogen (secondary N) is 3. The first-order chi connectivity index (χ1) is 13.1. The van der Waals surface area contributed by atoms with Crippen molar-refractivity contribution in [3.8, 4) is 0 Å². The third-order valence-electron chi connectivity index (χ3n) is 4.66. The molecule has 1 heterocycles. The molecule has 1 aromatic rings. The molecule has 0 atom stereocenters. The topological polar surface area (TPSA) is 68.8 Å². The maximum Gasteiger partial charge on any atom is 0.224 e. The number of benzene rings is 1. The highest BCUT2D eigenvalue weighted by Crippen LogP contribution is 2.12. The Morgan fingerprint density at radius 3 is 2.67 bits per heavy atom. The summed E-state index contributed by atoms with van der Waals surface area (Å²) in [5.74, 6) is 1.22. The van der Waals surface area contributed by atoms with Crippen LogP contribution < -0.4 is 16.0 Å². The number of amides is 1. The average molecular weight is 374 g/mol. The first-order valence-electron chi connectivity index (χ1n) is 10.1. The fourth-order valence-electron chi connectivity index (χ4n) is 3.26. The van der Waals surface area contributed by atoms with Gasteiger partial charge in [-0.05, 0) is 49.5 Å². The Bertz CT molecular complexity index is 608. The predicted octanol–water partition coefficient (Wildman–Crippen LogP) is 2.82. The fourth-order valence-corrected chi connectivity index (χ4v) is 3.26. The second-order valence-electron chi connectivity index (χ2n) is 7.60. The Kier molecular flexibility index (Phi) is 9.11. The Morgan fingerprint density at radius 2 is 1.96 bits per heavy atom. The summed E-state index contributed by atoms with van der Waals surface area (Å²) >= 11 is 0. The number of rotatable bonds is 8. The number of piperidine rings is 1. The highest BCUT2D eigenvalue weighted by Gasteiger charge is 2.09. The van der Waals surface area contributed by atoms with Crippen LogP contribution in [0, 0.1) is 5.92 Å². The quantitative estimate of drug-likeness (QED) is 0.484. The molecule has 0 radical (unpaired) electrons. The predicted molar refractivity (Wildman–Crippen MR) is 113 cm³/mol. The number of anilines is 1. The van der Waals surface area contributed by atoms with Crippen molar-refractivity contribution in [3.05, 3.63) is 29.8 Å². The summed E-state index contributed by atoms with van der Waals surface area (Å²) in [5.41, 5.74) is 1.95. The lowest BCUT2D eigenvalue weighted by Crippen LogP contribution is -2.42. The first kappa shape index (κ1) is 21.2. The molecule has 3 N–H and O–H groups in total. The molecule has 0 bridgehead atoms. The van der Waals surface area contributed by atoms with Gasteiger partial charge in [0, 0.05) is 38.8 Å². The molecule has 1 saturated heterocycles. The van der Waals surface area contributed by atoms with Gasteiger partial charge in [0.05, 0.1) is 0 Å². The van der Waals surface area contributed by atoms with Crippen LogP contribution in [0.5, 0.6) is 0 Å². The van der Waals surface area contributed by atoms with Gasteiger partial charge < -0.3 is 20.9 Å². The monoisotopic (exact) mass is 373 g/mol. The smallest absolute Gasteiger partial charge is 0.224 e. The molecule has 0 aliphatic carbocycles. The summed E-state index contributed by atoms with van der Waals surface area (Å²) < 4.78 is 0. The van der Waals surface area contributed by atoms with Gasteiger partial charge in [0.1, 0.15) is 0 Å². The van der Waals surface area contributed by atoms with Crippen molar-refractivity contribution in [1.82, 2.24) is 15.5 Å². The summed E-state index contributed by atoms with van der Waals surface area (Å²) in [6.07, 6.45) is 4.54. The van der Waals surface area contributed by atoms with Crippen molar-refractivity contribution in [2.75, 3.05) is 38.5 Å². The van der Waals surface area contributed by atoms with Crippen molar-refractivity contribution in [1.29, 1.82) is 0 Å². The van der Waals surface area contributed by atoms with Crippen molar-refractivity contribution in [3.63, 3.8) is 0 Å². The molecule has 6 nitrogen and oxygen atoms in total. The van der Waals surface area contributed by atoms with Crippen molar-refractivity contribution in [2.45, 2.75) is 46.1 Å². The summed E-state index contributed by atoms with van der Waals surface area (Å²) in [6, 6.07) is 7.94. The summed E-state index contributed by atoms with van der Waals surface area (Å²) in [6.45, 7) is 9.13. The highest BCUT2D eigenvalue weighted by molar-refractivity contribution is 5.90.